The highest BCUT2D eigenvalue weighted by Gasteiger charge is 2.51. The molecule has 104 valence electrons. The van der Waals surface area contributed by atoms with Gasteiger partial charge in [0.15, 0.2) is 5.78 Å². The lowest BCUT2D eigenvalue weighted by molar-refractivity contribution is -0.141. The van der Waals surface area contributed by atoms with E-state index in [-0.39, 0.29) is 11.3 Å². The molecular formula is C17H24O2. The summed E-state index contributed by atoms with van der Waals surface area (Å²) in [5.74, 6) is 2.42. The van der Waals surface area contributed by atoms with Crippen LogP contribution in [0.1, 0.15) is 52.9 Å². The minimum absolute atomic E-state index is 0.146. The fourth-order valence-electron chi connectivity index (χ4n) is 4.86. The number of carbonyl (C=O) groups excluding carboxylic acids is 2. The molecular weight excluding hydrogens is 236 g/mol. The number of allylic oxidation sites excluding steroid dienone is 2. The summed E-state index contributed by atoms with van der Waals surface area (Å²) in [7, 11) is 0. The minimum Gasteiger partial charge on any atom is -0.299 e. The van der Waals surface area contributed by atoms with Gasteiger partial charge in [-0.15, -0.1) is 0 Å². The van der Waals surface area contributed by atoms with Crippen LogP contribution in [0.3, 0.4) is 0 Å². The first-order valence-electron chi connectivity index (χ1n) is 7.70. The van der Waals surface area contributed by atoms with Crippen LogP contribution in [0.5, 0.6) is 0 Å². The van der Waals surface area contributed by atoms with Crippen LogP contribution in [0.25, 0.3) is 0 Å². The summed E-state index contributed by atoms with van der Waals surface area (Å²) in [5, 5.41) is 0. The van der Waals surface area contributed by atoms with Crippen LogP contribution in [0.2, 0.25) is 0 Å². The van der Waals surface area contributed by atoms with Gasteiger partial charge in [0.25, 0.3) is 0 Å². The van der Waals surface area contributed by atoms with Crippen molar-refractivity contribution in [2.45, 2.75) is 52.9 Å². The van der Waals surface area contributed by atoms with E-state index < -0.39 is 0 Å². The van der Waals surface area contributed by atoms with E-state index in [1.54, 1.807) is 0 Å². The van der Waals surface area contributed by atoms with Crippen molar-refractivity contribution >= 4 is 11.6 Å². The van der Waals surface area contributed by atoms with Gasteiger partial charge in [-0.25, -0.2) is 0 Å². The Morgan fingerprint density at radius 2 is 1.89 bits per heavy atom. The highest BCUT2D eigenvalue weighted by atomic mass is 16.1. The summed E-state index contributed by atoms with van der Waals surface area (Å²) < 4.78 is 0. The SMILES string of the molecule is CC1CC2C3=CC(=O)CCC3CCC2C(C)(C)C1=O. The number of carbonyl (C=O) groups is 2. The van der Waals surface area contributed by atoms with E-state index in [0.29, 0.717) is 29.3 Å². The van der Waals surface area contributed by atoms with Crippen LogP contribution in [-0.4, -0.2) is 11.6 Å². The standard InChI is InChI=1S/C17H24O2/c1-10-8-14-13-9-12(18)6-4-11(13)5-7-15(14)17(2,3)16(10)19/h9-11,14-15H,4-8H2,1-3H3. The summed E-state index contributed by atoms with van der Waals surface area (Å²) in [6.07, 6.45) is 6.99. The molecule has 19 heavy (non-hydrogen) atoms. The van der Waals surface area contributed by atoms with E-state index in [4.69, 9.17) is 0 Å². The summed E-state index contributed by atoms with van der Waals surface area (Å²) in [5.41, 5.74) is 1.18. The van der Waals surface area contributed by atoms with Crippen LogP contribution in [0.15, 0.2) is 11.6 Å². The number of rotatable bonds is 0. The summed E-state index contributed by atoms with van der Waals surface area (Å²) in [6, 6.07) is 0. The van der Waals surface area contributed by atoms with E-state index in [1.165, 1.54) is 12.0 Å². The first-order valence-corrected chi connectivity index (χ1v) is 7.70. The third-order valence-electron chi connectivity index (χ3n) is 5.90. The highest BCUT2D eigenvalue weighted by Crippen LogP contribution is 2.55. The maximum Gasteiger partial charge on any atom is 0.155 e. The average molecular weight is 260 g/mol. The summed E-state index contributed by atoms with van der Waals surface area (Å²) in [4.78, 5) is 24.2. The Morgan fingerprint density at radius 1 is 1.16 bits per heavy atom. The van der Waals surface area contributed by atoms with Gasteiger partial charge in [0.1, 0.15) is 5.78 Å². The van der Waals surface area contributed by atoms with Gasteiger partial charge in [-0.3, -0.25) is 9.59 Å². The zero-order valence-electron chi connectivity index (χ0n) is 12.2. The maximum atomic E-state index is 12.4. The maximum absolute atomic E-state index is 12.4. The molecule has 0 radical (unpaired) electrons. The van der Waals surface area contributed by atoms with Gasteiger partial charge in [-0.05, 0) is 49.5 Å². The Morgan fingerprint density at radius 3 is 2.63 bits per heavy atom. The lowest BCUT2D eigenvalue weighted by Crippen LogP contribution is -2.49. The minimum atomic E-state index is -0.214. The van der Waals surface area contributed by atoms with Gasteiger partial charge >= 0.3 is 0 Å². The van der Waals surface area contributed by atoms with Crippen LogP contribution >= 0.6 is 0 Å². The number of Topliss-reactive ketones (excluding diaryl/α,β-unsaturated/α-hetero) is 1. The van der Waals surface area contributed by atoms with Crippen molar-refractivity contribution in [3.8, 4) is 0 Å². The van der Waals surface area contributed by atoms with E-state index in [2.05, 4.69) is 20.8 Å². The fourth-order valence-corrected chi connectivity index (χ4v) is 4.86. The zero-order valence-corrected chi connectivity index (χ0v) is 12.2. The van der Waals surface area contributed by atoms with Crippen LogP contribution in [0, 0.1) is 29.1 Å². The van der Waals surface area contributed by atoms with Gasteiger partial charge in [0.2, 0.25) is 0 Å². The third kappa shape index (κ3) is 1.91. The fraction of sp³-hybridized carbons (Fsp3) is 0.765. The molecule has 0 bridgehead atoms. The lowest BCUT2D eigenvalue weighted by Gasteiger charge is -2.51. The van der Waals surface area contributed by atoms with Crippen LogP contribution < -0.4 is 0 Å². The van der Waals surface area contributed by atoms with Gasteiger partial charge < -0.3 is 0 Å². The molecule has 3 rings (SSSR count). The molecule has 4 unspecified atom stereocenters. The molecule has 0 aromatic heterocycles. The monoisotopic (exact) mass is 260 g/mol. The second kappa shape index (κ2) is 4.29. The van der Waals surface area contributed by atoms with Crippen molar-refractivity contribution in [2.75, 3.05) is 0 Å². The highest BCUT2D eigenvalue weighted by molar-refractivity contribution is 5.92. The molecule has 0 aromatic rings. The molecule has 0 heterocycles. The Labute approximate surface area is 115 Å². The van der Waals surface area contributed by atoms with Crippen molar-refractivity contribution in [1.82, 2.24) is 0 Å². The molecule has 0 N–H and O–H groups in total. The molecule has 2 saturated carbocycles. The molecule has 3 aliphatic carbocycles. The van der Waals surface area contributed by atoms with Gasteiger partial charge in [0, 0.05) is 17.8 Å². The first-order chi connectivity index (χ1) is 8.91. The number of hydrogen-bond donors (Lipinski definition) is 0. The third-order valence-corrected chi connectivity index (χ3v) is 5.90. The predicted octanol–water partition coefficient (Wildman–Crippen LogP) is 3.55. The van der Waals surface area contributed by atoms with Gasteiger partial charge in [-0.1, -0.05) is 26.3 Å². The Balaban J connectivity index is 1.99. The largest absolute Gasteiger partial charge is 0.299 e. The average Bonchev–Trinajstić information content (AvgIpc) is 2.36. The molecule has 0 aromatic carbocycles. The summed E-state index contributed by atoms with van der Waals surface area (Å²) >= 11 is 0. The number of fused-ring (bicyclic) bond motifs is 3. The normalized spacial score (nSPS) is 41.3. The lowest BCUT2D eigenvalue weighted by atomic mass is 9.52. The van der Waals surface area contributed by atoms with Crippen molar-refractivity contribution in [3.05, 3.63) is 11.6 Å². The van der Waals surface area contributed by atoms with E-state index >= 15 is 0 Å². The molecule has 4 atom stereocenters. The topological polar surface area (TPSA) is 34.1 Å². The van der Waals surface area contributed by atoms with Crippen molar-refractivity contribution in [3.63, 3.8) is 0 Å². The van der Waals surface area contributed by atoms with Crippen LogP contribution in [0.4, 0.5) is 0 Å². The van der Waals surface area contributed by atoms with E-state index in [0.717, 1.165) is 25.7 Å². The second-order valence-electron chi connectivity index (χ2n) is 7.36. The first kappa shape index (κ1) is 13.1. The van der Waals surface area contributed by atoms with Gasteiger partial charge in [-0.2, -0.15) is 0 Å². The van der Waals surface area contributed by atoms with Crippen LogP contribution in [-0.2, 0) is 9.59 Å². The van der Waals surface area contributed by atoms with E-state index in [1.807, 2.05) is 6.08 Å². The van der Waals surface area contributed by atoms with Gasteiger partial charge in [0.05, 0.1) is 0 Å². The second-order valence-corrected chi connectivity index (χ2v) is 7.36. The predicted molar refractivity (Wildman–Crippen MR) is 74.6 cm³/mol. The number of hydrogen-bond acceptors (Lipinski definition) is 2. The molecule has 0 aliphatic heterocycles. The van der Waals surface area contributed by atoms with E-state index in [9.17, 15) is 9.59 Å². The Bertz CT molecular complexity index is 458. The molecule has 2 nitrogen and oxygen atoms in total. The zero-order chi connectivity index (χ0) is 13.8. The quantitative estimate of drug-likeness (QED) is 0.667. The molecule has 0 spiro atoms. The molecule has 2 fully saturated rings. The molecule has 0 saturated heterocycles. The Hall–Kier alpha value is -0.920. The smallest absolute Gasteiger partial charge is 0.155 e. The Kier molecular flexibility index (Phi) is 2.95. The van der Waals surface area contributed by atoms with Crippen molar-refractivity contribution < 1.29 is 9.59 Å². The molecule has 0 amide bonds. The summed E-state index contributed by atoms with van der Waals surface area (Å²) in [6.45, 7) is 6.30. The number of ketones is 2. The molecule has 3 aliphatic rings. The molecule has 2 heteroatoms. The van der Waals surface area contributed by atoms with Crippen molar-refractivity contribution in [1.29, 1.82) is 0 Å². The van der Waals surface area contributed by atoms with Crippen molar-refractivity contribution in [2.24, 2.45) is 29.1 Å².